The first kappa shape index (κ1) is 21.1. The van der Waals surface area contributed by atoms with Gasteiger partial charge in [0.05, 0.1) is 5.92 Å². The van der Waals surface area contributed by atoms with Crippen LogP contribution in [0.4, 0.5) is 11.4 Å². The Bertz CT molecular complexity index is 1090. The Morgan fingerprint density at radius 2 is 1.97 bits per heavy atom. The summed E-state index contributed by atoms with van der Waals surface area (Å²) in [5, 5.41) is 11.7. The van der Waals surface area contributed by atoms with Gasteiger partial charge >= 0.3 is 0 Å². The fourth-order valence-corrected chi connectivity index (χ4v) is 4.27. The molecule has 2 aromatic carbocycles. The molecule has 1 aliphatic heterocycles. The molecule has 31 heavy (non-hydrogen) atoms. The van der Waals surface area contributed by atoms with Gasteiger partial charge in [0.25, 0.3) is 0 Å². The second kappa shape index (κ2) is 8.93. The Labute approximate surface area is 185 Å². The Hall–Kier alpha value is -3.13. The van der Waals surface area contributed by atoms with Crippen LogP contribution in [0.5, 0.6) is 0 Å². The zero-order chi connectivity index (χ0) is 22.0. The van der Waals surface area contributed by atoms with Gasteiger partial charge in [0.15, 0.2) is 5.16 Å². The zero-order valence-corrected chi connectivity index (χ0v) is 18.6. The number of aromatic nitrogens is 3. The van der Waals surface area contributed by atoms with E-state index in [1.807, 2.05) is 54.1 Å². The van der Waals surface area contributed by atoms with Crippen LogP contribution in [0.2, 0.25) is 0 Å². The van der Waals surface area contributed by atoms with Crippen molar-refractivity contribution in [1.82, 2.24) is 14.8 Å². The van der Waals surface area contributed by atoms with Crippen LogP contribution in [-0.4, -0.2) is 33.1 Å². The van der Waals surface area contributed by atoms with E-state index in [0.29, 0.717) is 18.2 Å². The van der Waals surface area contributed by atoms with Crippen molar-refractivity contribution >= 4 is 35.0 Å². The fourth-order valence-electron chi connectivity index (χ4n) is 3.51. The molecule has 1 unspecified atom stereocenters. The predicted molar refractivity (Wildman–Crippen MR) is 121 cm³/mol. The smallest absolute Gasteiger partial charge is 0.229 e. The lowest BCUT2D eigenvalue weighted by molar-refractivity contribution is -0.122. The molecule has 160 valence electrons. The number of nitrogens with one attached hydrogen (secondary N) is 1. The van der Waals surface area contributed by atoms with Gasteiger partial charge in [0.1, 0.15) is 6.33 Å². The number of hydrogen-bond donors (Lipinski definition) is 1. The van der Waals surface area contributed by atoms with E-state index in [9.17, 15) is 9.59 Å². The molecular weight excluding hydrogens is 410 g/mol. The first-order valence-electron chi connectivity index (χ1n) is 10.2. The Balaban J connectivity index is 1.38. The molecule has 0 spiro atoms. The third kappa shape index (κ3) is 4.80. The molecule has 3 aromatic rings. The van der Waals surface area contributed by atoms with Gasteiger partial charge in [0, 0.05) is 36.3 Å². The van der Waals surface area contributed by atoms with Gasteiger partial charge in [0.2, 0.25) is 11.8 Å². The van der Waals surface area contributed by atoms with Gasteiger partial charge in [-0.05, 0) is 59.6 Å². The van der Waals surface area contributed by atoms with Gasteiger partial charge < -0.3 is 14.8 Å². The molecule has 1 N–H and O–H groups in total. The third-order valence-electron chi connectivity index (χ3n) is 5.35. The summed E-state index contributed by atoms with van der Waals surface area (Å²) in [5.41, 5.74) is 2.74. The standard InChI is InChI=1S/C23H25N5O2S/c1-15(2)16-5-4-6-19(11-16)28-13-17(12-21(28)29)22(30)25-18-7-9-20(10-8-18)31-23-26-24-14-27(23)3/h4-11,14-15,17H,12-13H2,1-3H3,(H,25,30). The van der Waals surface area contributed by atoms with E-state index >= 15 is 0 Å². The molecule has 1 atom stereocenters. The van der Waals surface area contributed by atoms with Crippen LogP contribution >= 0.6 is 11.8 Å². The van der Waals surface area contributed by atoms with E-state index in [-0.39, 0.29) is 24.2 Å². The first-order valence-corrected chi connectivity index (χ1v) is 11.1. The van der Waals surface area contributed by atoms with Gasteiger partial charge in [-0.1, -0.05) is 26.0 Å². The predicted octanol–water partition coefficient (Wildman–Crippen LogP) is 4.08. The van der Waals surface area contributed by atoms with Crippen molar-refractivity contribution < 1.29 is 9.59 Å². The Morgan fingerprint density at radius 1 is 1.19 bits per heavy atom. The summed E-state index contributed by atoms with van der Waals surface area (Å²) in [5.74, 6) is -0.143. The minimum absolute atomic E-state index is 0.0171. The molecule has 0 radical (unpaired) electrons. The maximum absolute atomic E-state index is 12.8. The van der Waals surface area contributed by atoms with Gasteiger partial charge in [-0.3, -0.25) is 9.59 Å². The molecule has 0 aliphatic carbocycles. The van der Waals surface area contributed by atoms with Crippen LogP contribution in [0, 0.1) is 5.92 Å². The van der Waals surface area contributed by atoms with Crippen molar-refractivity contribution in [2.45, 2.75) is 36.2 Å². The highest BCUT2D eigenvalue weighted by molar-refractivity contribution is 7.99. The molecule has 1 aliphatic rings. The van der Waals surface area contributed by atoms with Gasteiger partial charge in [-0.15, -0.1) is 10.2 Å². The minimum atomic E-state index is -0.372. The summed E-state index contributed by atoms with van der Waals surface area (Å²) in [4.78, 5) is 28.1. The number of anilines is 2. The highest BCUT2D eigenvalue weighted by Gasteiger charge is 2.35. The van der Waals surface area contributed by atoms with Crippen molar-refractivity contribution in [2.24, 2.45) is 13.0 Å². The monoisotopic (exact) mass is 435 g/mol. The summed E-state index contributed by atoms with van der Waals surface area (Å²) in [6.07, 6.45) is 1.88. The summed E-state index contributed by atoms with van der Waals surface area (Å²) in [6, 6.07) is 15.6. The highest BCUT2D eigenvalue weighted by atomic mass is 32.2. The average Bonchev–Trinajstić information content (AvgIpc) is 3.35. The van der Waals surface area contributed by atoms with Crippen molar-refractivity contribution in [2.75, 3.05) is 16.8 Å². The lowest BCUT2D eigenvalue weighted by Gasteiger charge is -2.18. The molecule has 2 heterocycles. The van der Waals surface area contributed by atoms with Gasteiger partial charge in [-0.2, -0.15) is 0 Å². The zero-order valence-electron chi connectivity index (χ0n) is 17.8. The molecule has 1 fully saturated rings. The normalized spacial score (nSPS) is 16.2. The van der Waals surface area contributed by atoms with E-state index in [2.05, 4.69) is 35.4 Å². The topological polar surface area (TPSA) is 80.1 Å². The lowest BCUT2D eigenvalue weighted by Crippen LogP contribution is -2.28. The third-order valence-corrected chi connectivity index (χ3v) is 6.41. The molecule has 0 saturated carbocycles. The molecule has 4 rings (SSSR count). The van der Waals surface area contributed by atoms with Gasteiger partial charge in [-0.25, -0.2) is 0 Å². The van der Waals surface area contributed by atoms with E-state index in [1.165, 1.54) is 17.3 Å². The summed E-state index contributed by atoms with van der Waals surface area (Å²) in [7, 11) is 1.89. The first-order chi connectivity index (χ1) is 14.9. The van der Waals surface area contributed by atoms with Crippen molar-refractivity contribution in [1.29, 1.82) is 0 Å². The van der Waals surface area contributed by atoms with Crippen molar-refractivity contribution in [3.8, 4) is 0 Å². The second-order valence-electron chi connectivity index (χ2n) is 8.00. The van der Waals surface area contributed by atoms with Crippen LogP contribution in [-0.2, 0) is 16.6 Å². The Morgan fingerprint density at radius 3 is 2.65 bits per heavy atom. The van der Waals surface area contributed by atoms with Crippen molar-refractivity contribution in [3.05, 3.63) is 60.4 Å². The van der Waals surface area contributed by atoms with E-state index in [1.54, 1.807) is 11.2 Å². The molecule has 1 saturated heterocycles. The SMILES string of the molecule is CC(C)c1cccc(N2CC(C(=O)Nc3ccc(Sc4nncn4C)cc3)CC2=O)c1. The summed E-state index contributed by atoms with van der Waals surface area (Å²) in [6.45, 7) is 4.64. The maximum Gasteiger partial charge on any atom is 0.229 e. The van der Waals surface area contributed by atoms with Crippen LogP contribution in [0.3, 0.4) is 0 Å². The number of amides is 2. The molecule has 7 nitrogen and oxygen atoms in total. The van der Waals surface area contributed by atoms with E-state index in [4.69, 9.17) is 0 Å². The fraction of sp³-hybridized carbons (Fsp3) is 0.304. The largest absolute Gasteiger partial charge is 0.326 e. The molecule has 0 bridgehead atoms. The molecule has 1 aromatic heterocycles. The molecule has 2 amide bonds. The summed E-state index contributed by atoms with van der Waals surface area (Å²) >= 11 is 1.50. The molecule has 8 heteroatoms. The van der Waals surface area contributed by atoms with Crippen LogP contribution in [0.1, 0.15) is 31.7 Å². The Kier molecular flexibility index (Phi) is 6.08. The second-order valence-corrected chi connectivity index (χ2v) is 9.04. The van der Waals surface area contributed by atoms with Crippen LogP contribution in [0.25, 0.3) is 0 Å². The lowest BCUT2D eigenvalue weighted by atomic mass is 10.0. The van der Waals surface area contributed by atoms with Crippen LogP contribution in [0.15, 0.2) is 64.9 Å². The number of nitrogens with zero attached hydrogens (tertiary/aromatic N) is 4. The van der Waals surface area contributed by atoms with E-state index < -0.39 is 0 Å². The van der Waals surface area contributed by atoms with Crippen LogP contribution < -0.4 is 10.2 Å². The minimum Gasteiger partial charge on any atom is -0.326 e. The quantitative estimate of drug-likeness (QED) is 0.631. The average molecular weight is 436 g/mol. The number of benzene rings is 2. The van der Waals surface area contributed by atoms with Crippen molar-refractivity contribution in [3.63, 3.8) is 0 Å². The maximum atomic E-state index is 12.8. The summed E-state index contributed by atoms with van der Waals surface area (Å²) < 4.78 is 1.85. The number of aryl methyl sites for hydroxylation is 1. The van der Waals surface area contributed by atoms with E-state index in [0.717, 1.165) is 15.7 Å². The number of hydrogen-bond acceptors (Lipinski definition) is 5. The number of carbonyl (C=O) groups is 2. The number of rotatable bonds is 6. The number of carbonyl (C=O) groups excluding carboxylic acids is 2. The molecular formula is C23H25N5O2S. The highest BCUT2D eigenvalue weighted by Crippen LogP contribution is 2.29.